The molecule has 0 aromatic heterocycles. The van der Waals surface area contributed by atoms with Crippen molar-refractivity contribution >= 4 is 5.97 Å². The van der Waals surface area contributed by atoms with E-state index in [1.54, 1.807) is 0 Å². The Balaban J connectivity index is 2.03. The van der Waals surface area contributed by atoms with Gasteiger partial charge in [-0.3, -0.25) is 0 Å². The molecule has 0 aromatic rings. The number of rotatable bonds is 2. The summed E-state index contributed by atoms with van der Waals surface area (Å²) in [5.74, 6) is -0.0449. The molecular formula is C15H22O2. The summed E-state index contributed by atoms with van der Waals surface area (Å²) in [6.45, 7) is 8.63. The predicted molar refractivity (Wildman–Crippen MR) is 66.6 cm³/mol. The van der Waals surface area contributed by atoms with Crippen LogP contribution in [0, 0.1) is 22.2 Å². The van der Waals surface area contributed by atoms with E-state index in [0.29, 0.717) is 16.4 Å². The first-order valence-electron chi connectivity index (χ1n) is 6.69. The van der Waals surface area contributed by atoms with Crippen LogP contribution in [0.15, 0.2) is 12.2 Å². The second kappa shape index (κ2) is 2.96. The molecule has 1 N–H and O–H groups in total. The molecule has 17 heavy (non-hydrogen) atoms. The zero-order valence-corrected chi connectivity index (χ0v) is 10.9. The van der Waals surface area contributed by atoms with Crippen molar-refractivity contribution < 1.29 is 9.90 Å². The lowest BCUT2D eigenvalue weighted by Crippen LogP contribution is -2.56. The van der Waals surface area contributed by atoms with Crippen LogP contribution in [-0.4, -0.2) is 11.1 Å². The molecule has 0 saturated heterocycles. The Bertz CT molecular complexity index is 391. The van der Waals surface area contributed by atoms with Crippen LogP contribution < -0.4 is 0 Å². The van der Waals surface area contributed by atoms with Crippen molar-refractivity contribution in [2.75, 3.05) is 0 Å². The number of carboxylic acids is 1. The number of aliphatic carboxylic acids is 1. The summed E-state index contributed by atoms with van der Waals surface area (Å²) in [7, 11) is 0. The molecule has 4 rings (SSSR count). The largest absolute Gasteiger partial charge is 0.478 e. The summed E-state index contributed by atoms with van der Waals surface area (Å²) in [6, 6.07) is 0. The minimum atomic E-state index is -0.779. The average Bonchev–Trinajstić information content (AvgIpc) is 2.10. The zero-order valence-electron chi connectivity index (χ0n) is 10.9. The van der Waals surface area contributed by atoms with E-state index >= 15 is 0 Å². The molecule has 0 heterocycles. The van der Waals surface area contributed by atoms with Crippen LogP contribution in [0.3, 0.4) is 0 Å². The van der Waals surface area contributed by atoms with E-state index in [4.69, 9.17) is 0 Å². The van der Waals surface area contributed by atoms with Gasteiger partial charge in [0.1, 0.15) is 0 Å². The van der Waals surface area contributed by atoms with Crippen LogP contribution >= 0.6 is 0 Å². The molecule has 94 valence electrons. The first-order valence-corrected chi connectivity index (χ1v) is 6.69. The Labute approximate surface area is 103 Å². The van der Waals surface area contributed by atoms with Gasteiger partial charge in [0.25, 0.3) is 0 Å². The van der Waals surface area contributed by atoms with Gasteiger partial charge in [-0.15, -0.1) is 0 Å². The summed E-state index contributed by atoms with van der Waals surface area (Å²) in [5, 5.41) is 9.31. The molecule has 0 aromatic carbocycles. The lowest BCUT2D eigenvalue weighted by molar-refractivity contribution is -0.147. The Morgan fingerprint density at radius 1 is 1.12 bits per heavy atom. The molecule has 2 nitrogen and oxygen atoms in total. The second-order valence-electron chi connectivity index (χ2n) is 7.69. The lowest BCUT2D eigenvalue weighted by Gasteiger charge is -2.65. The van der Waals surface area contributed by atoms with Crippen molar-refractivity contribution in [3.63, 3.8) is 0 Å². The average molecular weight is 234 g/mol. The van der Waals surface area contributed by atoms with Crippen molar-refractivity contribution in [2.45, 2.75) is 52.4 Å². The summed E-state index contributed by atoms with van der Waals surface area (Å²) in [6.07, 6.45) is 7.07. The molecule has 2 heteroatoms. The van der Waals surface area contributed by atoms with Crippen molar-refractivity contribution in [3.05, 3.63) is 12.2 Å². The highest BCUT2D eigenvalue weighted by atomic mass is 16.4. The van der Waals surface area contributed by atoms with E-state index in [0.717, 1.165) is 25.2 Å². The van der Waals surface area contributed by atoms with Crippen LogP contribution in [0.2, 0.25) is 0 Å². The highest BCUT2D eigenvalue weighted by Crippen LogP contribution is 2.71. The van der Waals surface area contributed by atoms with Gasteiger partial charge in [0.05, 0.1) is 0 Å². The third-order valence-corrected chi connectivity index (χ3v) is 5.52. The fourth-order valence-electron chi connectivity index (χ4n) is 6.01. The molecule has 2 unspecified atom stereocenters. The van der Waals surface area contributed by atoms with Gasteiger partial charge in [-0.1, -0.05) is 20.4 Å². The molecule has 4 fully saturated rings. The quantitative estimate of drug-likeness (QED) is 0.741. The molecule has 4 saturated carbocycles. The maximum absolute atomic E-state index is 11.3. The van der Waals surface area contributed by atoms with E-state index in [1.807, 2.05) is 0 Å². The zero-order chi connectivity index (χ0) is 12.5. The molecule has 4 aliphatic rings. The number of hydrogen-bond donors (Lipinski definition) is 1. The van der Waals surface area contributed by atoms with Crippen LogP contribution in [0.4, 0.5) is 0 Å². The van der Waals surface area contributed by atoms with Gasteiger partial charge in [0.15, 0.2) is 0 Å². The fourth-order valence-corrected chi connectivity index (χ4v) is 6.01. The highest BCUT2D eigenvalue weighted by molar-refractivity contribution is 5.87. The van der Waals surface area contributed by atoms with Crippen molar-refractivity contribution in [1.29, 1.82) is 0 Å². The van der Waals surface area contributed by atoms with Crippen LogP contribution in [0.25, 0.3) is 0 Å². The van der Waals surface area contributed by atoms with Gasteiger partial charge < -0.3 is 5.11 Å². The summed E-state index contributed by atoms with van der Waals surface area (Å²) < 4.78 is 0. The third kappa shape index (κ3) is 1.49. The van der Waals surface area contributed by atoms with E-state index in [9.17, 15) is 9.90 Å². The topological polar surface area (TPSA) is 37.3 Å². The van der Waals surface area contributed by atoms with Crippen LogP contribution in [0.5, 0.6) is 0 Å². The normalized spacial score (nSPS) is 51.5. The predicted octanol–water partition coefficient (Wildman–Crippen LogP) is 3.62. The maximum Gasteiger partial charge on any atom is 0.331 e. The van der Waals surface area contributed by atoms with Gasteiger partial charge in [-0.2, -0.15) is 0 Å². The Kier molecular flexibility index (Phi) is 1.97. The fraction of sp³-hybridized carbons (Fsp3) is 0.800. The smallest absolute Gasteiger partial charge is 0.331 e. The SMILES string of the molecule is C=C(C(=O)O)C12CC3CC(C)(CC(C)(C3)C1)C2. The number of hydrogen-bond acceptors (Lipinski definition) is 1. The van der Waals surface area contributed by atoms with Gasteiger partial charge in [0, 0.05) is 11.0 Å². The second-order valence-corrected chi connectivity index (χ2v) is 7.69. The highest BCUT2D eigenvalue weighted by Gasteiger charge is 2.61. The van der Waals surface area contributed by atoms with E-state index < -0.39 is 5.97 Å². The summed E-state index contributed by atoms with van der Waals surface area (Å²) >= 11 is 0. The standard InChI is InChI=1S/C15H22O2/c1-10(12(16)17)15-6-11-4-13(2,8-15)7-14(3,5-11)9-15/h11H,1,4-9H2,2-3H3,(H,16,17). The van der Waals surface area contributed by atoms with Crippen molar-refractivity contribution in [1.82, 2.24) is 0 Å². The van der Waals surface area contributed by atoms with Crippen LogP contribution in [0.1, 0.15) is 52.4 Å². The maximum atomic E-state index is 11.3. The van der Waals surface area contributed by atoms with Gasteiger partial charge >= 0.3 is 5.97 Å². The van der Waals surface area contributed by atoms with Crippen LogP contribution in [-0.2, 0) is 4.79 Å². The van der Waals surface area contributed by atoms with Crippen molar-refractivity contribution in [3.8, 4) is 0 Å². The summed E-state index contributed by atoms with van der Waals surface area (Å²) in [5.41, 5.74) is 1.13. The molecule has 0 radical (unpaired) electrons. The Morgan fingerprint density at radius 3 is 2.06 bits per heavy atom. The monoisotopic (exact) mass is 234 g/mol. The molecular weight excluding hydrogens is 212 g/mol. The van der Waals surface area contributed by atoms with E-state index in [2.05, 4.69) is 20.4 Å². The third-order valence-electron chi connectivity index (χ3n) is 5.52. The van der Waals surface area contributed by atoms with E-state index in [1.165, 1.54) is 19.3 Å². The Hall–Kier alpha value is -0.790. The van der Waals surface area contributed by atoms with Gasteiger partial charge in [0.2, 0.25) is 0 Å². The minimum Gasteiger partial charge on any atom is -0.478 e. The molecule has 0 spiro atoms. The Morgan fingerprint density at radius 2 is 1.65 bits per heavy atom. The van der Waals surface area contributed by atoms with Gasteiger partial charge in [-0.25, -0.2) is 4.79 Å². The lowest BCUT2D eigenvalue weighted by atomic mass is 9.39. The molecule has 0 aliphatic heterocycles. The van der Waals surface area contributed by atoms with Crippen molar-refractivity contribution in [2.24, 2.45) is 22.2 Å². The molecule has 2 atom stereocenters. The first kappa shape index (κ1) is 11.3. The summed E-state index contributed by atoms with van der Waals surface area (Å²) in [4.78, 5) is 11.3. The first-order chi connectivity index (χ1) is 7.76. The number of carboxylic acid groups (broad SMARTS) is 1. The molecule has 4 aliphatic carbocycles. The van der Waals surface area contributed by atoms with Gasteiger partial charge in [-0.05, 0) is 55.3 Å². The number of carbonyl (C=O) groups is 1. The van der Waals surface area contributed by atoms with E-state index in [-0.39, 0.29) is 5.41 Å². The molecule has 0 amide bonds. The minimum absolute atomic E-state index is 0.0885. The molecule has 4 bridgehead atoms.